The summed E-state index contributed by atoms with van der Waals surface area (Å²) >= 11 is 0. The first-order chi connectivity index (χ1) is 10.1. The Hall–Kier alpha value is -1.15. The highest BCUT2D eigenvalue weighted by molar-refractivity contribution is 7.89. The van der Waals surface area contributed by atoms with Crippen LogP contribution in [0.1, 0.15) is 6.42 Å². The number of benzene rings is 1. The lowest BCUT2D eigenvalue weighted by molar-refractivity contribution is 0.172. The van der Waals surface area contributed by atoms with Gasteiger partial charge in [-0.05, 0) is 30.7 Å². The molecule has 0 unspecified atom stereocenters. The van der Waals surface area contributed by atoms with E-state index >= 15 is 0 Å². The molecule has 0 aliphatic carbocycles. The first-order valence-corrected chi connectivity index (χ1v) is 8.51. The molecule has 0 spiro atoms. The Kier molecular flexibility index (Phi) is 4.17. The molecule has 6 nitrogen and oxygen atoms in total. The largest absolute Gasteiger partial charge is 0.497 e. The number of nitrogens with one attached hydrogen (secondary N) is 1. The van der Waals surface area contributed by atoms with Crippen molar-refractivity contribution >= 4 is 10.0 Å². The van der Waals surface area contributed by atoms with Crippen molar-refractivity contribution in [3.8, 4) is 5.75 Å². The summed E-state index contributed by atoms with van der Waals surface area (Å²) in [4.78, 5) is 0.311. The highest BCUT2D eigenvalue weighted by Gasteiger charge is 2.37. The molecular weight excluding hydrogens is 292 g/mol. The van der Waals surface area contributed by atoms with Crippen LogP contribution in [-0.4, -0.2) is 58.2 Å². The van der Waals surface area contributed by atoms with Crippen LogP contribution in [0.4, 0.5) is 0 Å². The minimum Gasteiger partial charge on any atom is -0.497 e. The number of hydrogen-bond donors (Lipinski definition) is 1. The molecule has 2 aliphatic rings. The second kappa shape index (κ2) is 5.92. The second-order valence-electron chi connectivity index (χ2n) is 5.42. The summed E-state index contributed by atoms with van der Waals surface area (Å²) in [7, 11) is -1.83. The van der Waals surface area contributed by atoms with Gasteiger partial charge in [-0.25, -0.2) is 8.42 Å². The van der Waals surface area contributed by atoms with Crippen LogP contribution in [0, 0.1) is 0 Å². The standard InChI is InChI=1S/C14H20N2O4S/c1-19-13-2-4-14(5-3-13)21(17,18)16-8-12(9-16)15-11-6-7-20-10-11/h2-5,11-12,15H,6-10H2,1H3/t11-/m1/s1. The van der Waals surface area contributed by atoms with Gasteiger partial charge in [0.1, 0.15) is 5.75 Å². The SMILES string of the molecule is COc1ccc(S(=O)(=O)N2CC(N[C@@H]3CCOC3)C2)cc1. The lowest BCUT2D eigenvalue weighted by atomic mass is 10.1. The number of hydrogen-bond acceptors (Lipinski definition) is 5. The summed E-state index contributed by atoms with van der Waals surface area (Å²) in [6.45, 7) is 2.55. The average molecular weight is 312 g/mol. The van der Waals surface area contributed by atoms with E-state index in [-0.39, 0.29) is 6.04 Å². The zero-order valence-corrected chi connectivity index (χ0v) is 12.8. The zero-order valence-electron chi connectivity index (χ0n) is 12.0. The molecule has 0 radical (unpaired) electrons. The molecule has 0 bridgehead atoms. The van der Waals surface area contributed by atoms with Crippen molar-refractivity contribution in [1.29, 1.82) is 0 Å². The van der Waals surface area contributed by atoms with Gasteiger partial charge in [-0.1, -0.05) is 0 Å². The quantitative estimate of drug-likeness (QED) is 0.855. The first kappa shape index (κ1) is 14.8. The Morgan fingerprint density at radius 1 is 1.24 bits per heavy atom. The molecule has 1 atom stereocenters. The van der Waals surface area contributed by atoms with Crippen LogP contribution < -0.4 is 10.1 Å². The van der Waals surface area contributed by atoms with Gasteiger partial charge in [0.25, 0.3) is 0 Å². The predicted octanol–water partition coefficient (Wildman–Crippen LogP) is 0.447. The first-order valence-electron chi connectivity index (χ1n) is 7.07. The highest BCUT2D eigenvalue weighted by atomic mass is 32.2. The summed E-state index contributed by atoms with van der Waals surface area (Å²) in [5.74, 6) is 0.651. The molecule has 2 saturated heterocycles. The summed E-state index contributed by atoms with van der Waals surface area (Å²) in [6.07, 6.45) is 1.00. The normalized spacial score (nSPS) is 24.0. The van der Waals surface area contributed by atoms with Gasteiger partial charge >= 0.3 is 0 Å². The van der Waals surface area contributed by atoms with E-state index in [1.54, 1.807) is 31.4 Å². The van der Waals surface area contributed by atoms with Crippen molar-refractivity contribution in [2.45, 2.75) is 23.4 Å². The molecule has 116 valence electrons. The third-order valence-corrected chi connectivity index (χ3v) is 5.79. The van der Waals surface area contributed by atoms with Gasteiger partial charge in [0.05, 0.1) is 18.6 Å². The van der Waals surface area contributed by atoms with Crippen LogP contribution in [0.2, 0.25) is 0 Å². The summed E-state index contributed by atoms with van der Waals surface area (Å²) in [5, 5.41) is 3.44. The molecule has 0 aromatic heterocycles. The Bertz CT molecular complexity index is 575. The van der Waals surface area contributed by atoms with E-state index in [0.717, 1.165) is 19.6 Å². The van der Waals surface area contributed by atoms with E-state index in [9.17, 15) is 8.42 Å². The van der Waals surface area contributed by atoms with Gasteiger partial charge in [0, 0.05) is 31.8 Å². The summed E-state index contributed by atoms with van der Waals surface area (Å²) < 4.78 is 36.7. The molecule has 2 fully saturated rings. The third kappa shape index (κ3) is 3.06. The molecule has 7 heteroatoms. The number of sulfonamides is 1. The van der Waals surface area contributed by atoms with Gasteiger partial charge in [-0.3, -0.25) is 0 Å². The minimum absolute atomic E-state index is 0.227. The van der Waals surface area contributed by atoms with Crippen LogP contribution in [0.3, 0.4) is 0 Å². The highest BCUT2D eigenvalue weighted by Crippen LogP contribution is 2.24. The Morgan fingerprint density at radius 3 is 2.52 bits per heavy atom. The minimum atomic E-state index is -3.39. The lowest BCUT2D eigenvalue weighted by Crippen LogP contribution is -2.61. The molecule has 1 N–H and O–H groups in total. The zero-order chi connectivity index (χ0) is 14.9. The van der Waals surface area contributed by atoms with Crippen molar-refractivity contribution in [3.05, 3.63) is 24.3 Å². The number of nitrogens with zero attached hydrogens (tertiary/aromatic N) is 1. The van der Waals surface area contributed by atoms with Crippen LogP contribution in [-0.2, 0) is 14.8 Å². The van der Waals surface area contributed by atoms with Crippen molar-refractivity contribution in [1.82, 2.24) is 9.62 Å². The topological polar surface area (TPSA) is 67.9 Å². The lowest BCUT2D eigenvalue weighted by Gasteiger charge is -2.39. The molecule has 1 aromatic carbocycles. The maximum absolute atomic E-state index is 12.4. The Labute approximate surface area is 125 Å². The maximum atomic E-state index is 12.4. The third-order valence-electron chi connectivity index (χ3n) is 3.95. The molecule has 2 heterocycles. The van der Waals surface area contributed by atoms with Crippen LogP contribution in [0.25, 0.3) is 0 Å². The van der Waals surface area contributed by atoms with Crippen molar-refractivity contribution < 1.29 is 17.9 Å². The van der Waals surface area contributed by atoms with Crippen LogP contribution in [0.5, 0.6) is 5.75 Å². The van der Waals surface area contributed by atoms with Gasteiger partial charge in [0.15, 0.2) is 0 Å². The molecular formula is C14H20N2O4S. The summed E-state index contributed by atoms with van der Waals surface area (Å²) in [5.41, 5.74) is 0. The van der Waals surface area contributed by atoms with Gasteiger partial charge in [-0.15, -0.1) is 0 Å². The van der Waals surface area contributed by atoms with Crippen molar-refractivity contribution in [3.63, 3.8) is 0 Å². The molecule has 21 heavy (non-hydrogen) atoms. The van der Waals surface area contributed by atoms with Gasteiger partial charge in [-0.2, -0.15) is 4.31 Å². The molecule has 0 saturated carbocycles. The van der Waals surface area contributed by atoms with E-state index in [1.807, 2.05) is 0 Å². The fourth-order valence-electron chi connectivity index (χ4n) is 2.64. The van der Waals surface area contributed by atoms with E-state index in [1.165, 1.54) is 4.31 Å². The Balaban J connectivity index is 1.58. The van der Waals surface area contributed by atoms with E-state index in [0.29, 0.717) is 29.8 Å². The van der Waals surface area contributed by atoms with E-state index in [4.69, 9.17) is 9.47 Å². The number of ether oxygens (including phenoxy) is 2. The number of methoxy groups -OCH3 is 1. The molecule has 1 aromatic rings. The molecule has 0 amide bonds. The van der Waals surface area contributed by atoms with Crippen molar-refractivity contribution in [2.75, 3.05) is 33.4 Å². The second-order valence-corrected chi connectivity index (χ2v) is 7.36. The Morgan fingerprint density at radius 2 is 1.95 bits per heavy atom. The van der Waals surface area contributed by atoms with Crippen LogP contribution >= 0.6 is 0 Å². The number of rotatable bonds is 5. The fourth-order valence-corrected chi connectivity index (χ4v) is 4.17. The molecule has 2 aliphatic heterocycles. The monoisotopic (exact) mass is 312 g/mol. The maximum Gasteiger partial charge on any atom is 0.243 e. The fraction of sp³-hybridized carbons (Fsp3) is 0.571. The van der Waals surface area contributed by atoms with Crippen molar-refractivity contribution in [2.24, 2.45) is 0 Å². The van der Waals surface area contributed by atoms with E-state index in [2.05, 4.69) is 5.32 Å². The predicted molar refractivity (Wildman–Crippen MR) is 77.9 cm³/mol. The average Bonchev–Trinajstić information content (AvgIpc) is 2.95. The molecule has 3 rings (SSSR count). The van der Waals surface area contributed by atoms with Crippen LogP contribution in [0.15, 0.2) is 29.2 Å². The van der Waals surface area contributed by atoms with Gasteiger partial charge < -0.3 is 14.8 Å². The summed E-state index contributed by atoms with van der Waals surface area (Å²) in [6, 6.07) is 7.08. The smallest absolute Gasteiger partial charge is 0.243 e. The van der Waals surface area contributed by atoms with E-state index < -0.39 is 10.0 Å². The van der Waals surface area contributed by atoms with Gasteiger partial charge in [0.2, 0.25) is 10.0 Å².